The summed E-state index contributed by atoms with van der Waals surface area (Å²) in [4.78, 5) is 26.9. The first-order valence-electron chi connectivity index (χ1n) is 14.8. The summed E-state index contributed by atoms with van der Waals surface area (Å²) < 4.78 is 23.0. The van der Waals surface area contributed by atoms with E-state index in [0.29, 0.717) is 12.5 Å². The Balaban J connectivity index is 1.24. The molecule has 0 atom stereocenters. The number of hydrogen-bond donors (Lipinski definition) is 3. The Kier molecular flexibility index (Phi) is 9.42. The van der Waals surface area contributed by atoms with E-state index in [1.807, 2.05) is 6.92 Å². The molecule has 1 aromatic carbocycles. The van der Waals surface area contributed by atoms with E-state index in [-0.39, 0.29) is 29.2 Å². The predicted octanol–water partition coefficient (Wildman–Crippen LogP) is 3.83. The van der Waals surface area contributed by atoms with E-state index < -0.39 is 14.0 Å². The Bertz CT molecular complexity index is 1410. The molecule has 1 fully saturated rings. The van der Waals surface area contributed by atoms with Gasteiger partial charge in [-0.3, -0.25) is 4.79 Å². The van der Waals surface area contributed by atoms with Crippen molar-refractivity contribution in [2.24, 2.45) is 0 Å². The topological polar surface area (TPSA) is 126 Å². The summed E-state index contributed by atoms with van der Waals surface area (Å²) in [6.45, 7) is 13.7. The van der Waals surface area contributed by atoms with Gasteiger partial charge in [-0.1, -0.05) is 25.2 Å². The van der Waals surface area contributed by atoms with E-state index in [9.17, 15) is 4.79 Å². The number of furan rings is 1. The number of carbonyl (C=O) groups excluding carboxylic acids is 1. The highest BCUT2D eigenvalue weighted by molar-refractivity contribution is 6.91. The second-order valence-electron chi connectivity index (χ2n) is 11.7. The Hall–Kier alpha value is -3.81. The summed E-state index contributed by atoms with van der Waals surface area (Å²) in [5.41, 5.74) is 2.21. The number of amides is 1. The van der Waals surface area contributed by atoms with Crippen LogP contribution in [0.4, 0.5) is 17.3 Å². The van der Waals surface area contributed by atoms with Crippen LogP contribution in [0.15, 0.2) is 28.7 Å². The number of aryl methyl sites for hydroxylation is 1. The van der Waals surface area contributed by atoms with Crippen molar-refractivity contribution in [3.8, 4) is 23.5 Å². The van der Waals surface area contributed by atoms with E-state index in [2.05, 4.69) is 68.0 Å². The van der Waals surface area contributed by atoms with Crippen LogP contribution in [0, 0.1) is 6.92 Å². The third-order valence-corrected chi connectivity index (χ3v) is 11.5. The van der Waals surface area contributed by atoms with Gasteiger partial charge in [-0.05, 0) is 49.8 Å². The number of hydrogen-bond acceptors (Lipinski definition) is 11. The fraction of sp³-hybridized carbons (Fsp3) is 0.500. The third kappa shape index (κ3) is 7.06. The van der Waals surface area contributed by atoms with Gasteiger partial charge in [0.05, 0.1) is 28.0 Å². The average Bonchev–Trinajstić information content (AvgIpc) is 3.46. The Morgan fingerprint density at radius 2 is 1.79 bits per heavy atom. The minimum Gasteiger partial charge on any atom is -0.479 e. The molecular weight excluding hydrogens is 566 g/mol. The lowest BCUT2D eigenvalue weighted by atomic mass is 10.2. The Labute approximate surface area is 254 Å². The monoisotopic (exact) mass is 609 g/mol. The maximum absolute atomic E-state index is 13.2. The first-order chi connectivity index (χ1) is 20.7. The van der Waals surface area contributed by atoms with E-state index in [1.165, 1.54) is 19.4 Å². The van der Waals surface area contributed by atoms with E-state index in [4.69, 9.17) is 18.6 Å². The maximum atomic E-state index is 13.2. The third-order valence-electron chi connectivity index (χ3n) is 8.14. The normalized spacial score (nSPS) is 16.6. The van der Waals surface area contributed by atoms with Crippen molar-refractivity contribution < 1.29 is 23.4 Å². The zero-order valence-corrected chi connectivity index (χ0v) is 27.0. The quantitative estimate of drug-likeness (QED) is 0.217. The number of nitrogens with zero attached hydrogens (tertiary/aromatic N) is 4. The van der Waals surface area contributed by atoms with Gasteiger partial charge in [0.1, 0.15) is 0 Å². The molecule has 43 heavy (non-hydrogen) atoms. The highest BCUT2D eigenvalue weighted by atomic mass is 28.3. The van der Waals surface area contributed by atoms with Crippen molar-refractivity contribution in [3.05, 3.63) is 35.6 Å². The van der Waals surface area contributed by atoms with Crippen LogP contribution in [0.2, 0.25) is 19.1 Å². The van der Waals surface area contributed by atoms with Gasteiger partial charge in [0.15, 0.2) is 17.2 Å². The van der Waals surface area contributed by atoms with Crippen LogP contribution in [0.3, 0.4) is 0 Å². The van der Waals surface area contributed by atoms with Crippen molar-refractivity contribution in [2.75, 3.05) is 83.0 Å². The first kappa shape index (κ1) is 30.6. The lowest BCUT2D eigenvalue weighted by Gasteiger charge is -2.33. The van der Waals surface area contributed by atoms with Crippen molar-refractivity contribution >= 4 is 36.5 Å². The number of nitrogens with one attached hydrogen (secondary N) is 3. The molecule has 1 amide bonds. The molecule has 2 aromatic heterocycles. The highest BCUT2D eigenvalue weighted by Gasteiger charge is 2.32. The molecule has 0 aliphatic carbocycles. The largest absolute Gasteiger partial charge is 0.479 e. The van der Waals surface area contributed by atoms with Crippen LogP contribution in [0.25, 0.3) is 0 Å². The van der Waals surface area contributed by atoms with Crippen molar-refractivity contribution in [3.63, 3.8) is 0 Å². The van der Waals surface area contributed by atoms with Crippen molar-refractivity contribution in [1.82, 2.24) is 19.8 Å². The van der Waals surface area contributed by atoms with Crippen molar-refractivity contribution in [2.45, 2.75) is 32.5 Å². The van der Waals surface area contributed by atoms with Crippen LogP contribution >= 0.6 is 0 Å². The lowest BCUT2D eigenvalue weighted by molar-refractivity contribution is 0.0990. The molecule has 2 aliphatic heterocycles. The van der Waals surface area contributed by atoms with Gasteiger partial charge in [-0.15, -0.1) is 0 Å². The first-order valence-corrected chi connectivity index (χ1v) is 18.0. The highest BCUT2D eigenvalue weighted by Crippen LogP contribution is 2.37. The Morgan fingerprint density at radius 3 is 2.49 bits per heavy atom. The molecule has 12 nitrogen and oxygen atoms in total. The number of likely N-dealkylation sites (N-methyl/N-ethyl adjacent to an activating group) is 1. The molecule has 1 saturated heterocycles. The molecular formula is C30H43N7O5Si. The average molecular weight is 610 g/mol. The predicted molar refractivity (Wildman–Crippen MR) is 171 cm³/mol. The number of piperazine rings is 1. The minimum absolute atomic E-state index is 0.0651. The fourth-order valence-corrected chi connectivity index (χ4v) is 7.87. The molecule has 0 saturated carbocycles. The SMILES string of the molecule is COc1nc(NCCCN2CCN(C)CC2)nc(OC)c1NC(=O)c1ccc(Oc2c(C)ccc3c2NCC[Si]3(C)C)o1. The smallest absolute Gasteiger partial charge is 0.291 e. The van der Waals surface area contributed by atoms with Crippen LogP contribution in [-0.2, 0) is 0 Å². The van der Waals surface area contributed by atoms with Gasteiger partial charge < -0.3 is 44.4 Å². The van der Waals surface area contributed by atoms with Gasteiger partial charge in [0.25, 0.3) is 11.9 Å². The van der Waals surface area contributed by atoms with Gasteiger partial charge in [-0.2, -0.15) is 9.97 Å². The Morgan fingerprint density at radius 1 is 1.07 bits per heavy atom. The van der Waals surface area contributed by atoms with Gasteiger partial charge >= 0.3 is 0 Å². The second kappa shape index (κ2) is 13.2. The summed E-state index contributed by atoms with van der Waals surface area (Å²) >= 11 is 0. The number of aromatic nitrogens is 2. The van der Waals surface area contributed by atoms with Crippen molar-refractivity contribution in [1.29, 1.82) is 0 Å². The molecule has 13 heteroatoms. The summed E-state index contributed by atoms with van der Waals surface area (Å²) in [5.74, 6) is 1.21. The van der Waals surface area contributed by atoms with E-state index >= 15 is 0 Å². The lowest BCUT2D eigenvalue weighted by Crippen LogP contribution is -2.47. The molecule has 0 bridgehead atoms. The molecule has 3 aromatic rings. The standard InChI is InChI=1S/C30H43N7O5Si/c1-20-8-10-22-24(31-13-19-43(22,5)6)26(20)42-23-11-9-21(41-23)27(38)33-25-28(39-3)34-30(35-29(25)40-4)32-12-7-14-37-17-15-36(2)16-18-37/h8-11,31H,7,12-19H2,1-6H3,(H,33,38)(H,32,34,35). The second-order valence-corrected chi connectivity index (χ2v) is 16.5. The van der Waals surface area contributed by atoms with Crippen LogP contribution < -0.4 is 35.3 Å². The zero-order chi connectivity index (χ0) is 30.6. The number of ether oxygens (including phenoxy) is 3. The van der Waals surface area contributed by atoms with E-state index in [1.54, 1.807) is 12.1 Å². The van der Waals surface area contributed by atoms with Crippen LogP contribution in [-0.4, -0.2) is 101 Å². The summed E-state index contributed by atoms with van der Waals surface area (Å²) in [5, 5.41) is 10.9. The van der Waals surface area contributed by atoms with Gasteiger partial charge in [-0.25, -0.2) is 0 Å². The zero-order valence-electron chi connectivity index (χ0n) is 26.0. The fourth-order valence-electron chi connectivity index (χ4n) is 5.44. The molecule has 0 spiro atoms. The number of fused-ring (bicyclic) bond motifs is 1. The number of rotatable bonds is 11. The molecule has 232 valence electrons. The summed E-state index contributed by atoms with van der Waals surface area (Å²) in [6.07, 6.45) is 0.945. The number of methoxy groups -OCH3 is 2. The number of carbonyl (C=O) groups is 1. The molecule has 4 heterocycles. The summed E-state index contributed by atoms with van der Waals surface area (Å²) in [7, 11) is 3.55. The maximum Gasteiger partial charge on any atom is 0.291 e. The number of anilines is 3. The molecule has 2 aliphatic rings. The van der Waals surface area contributed by atoms with Crippen LogP contribution in [0.5, 0.6) is 23.5 Å². The molecule has 0 unspecified atom stereocenters. The summed E-state index contributed by atoms with van der Waals surface area (Å²) in [6, 6.07) is 8.65. The van der Waals surface area contributed by atoms with Crippen LogP contribution in [0.1, 0.15) is 22.5 Å². The molecule has 5 rings (SSSR count). The van der Waals surface area contributed by atoms with E-state index in [0.717, 1.165) is 68.7 Å². The molecule has 3 N–H and O–H groups in total. The minimum atomic E-state index is -1.56. The van der Waals surface area contributed by atoms with Gasteiger partial charge in [0.2, 0.25) is 17.7 Å². The molecule has 0 radical (unpaired) electrons. The number of benzene rings is 1. The van der Waals surface area contributed by atoms with Gasteiger partial charge in [0, 0.05) is 45.3 Å².